The number of carbonyl (C=O) groups excluding carboxylic acids is 1. The molecule has 13 heteroatoms. The second kappa shape index (κ2) is 11.1. The van der Waals surface area contributed by atoms with Crippen LogP contribution in [-0.2, 0) is 28.0 Å². The highest BCUT2D eigenvalue weighted by molar-refractivity contribution is 6.32. The second-order valence-electron chi connectivity index (χ2n) is 11.1. The minimum Gasteiger partial charge on any atom is -0.450 e. The van der Waals surface area contributed by atoms with E-state index in [4.69, 9.17) is 21.4 Å². The number of halogens is 4. The first kappa shape index (κ1) is 29.0. The summed E-state index contributed by atoms with van der Waals surface area (Å²) in [5.74, 6) is -0.514. The Balaban J connectivity index is 1.40. The normalized spacial score (nSPS) is 17.9. The molecule has 9 nitrogen and oxygen atoms in total. The molecule has 1 N–H and O–H groups in total. The van der Waals surface area contributed by atoms with Gasteiger partial charge in [-0.25, -0.2) is 9.78 Å². The third-order valence-electron chi connectivity index (χ3n) is 7.61. The van der Waals surface area contributed by atoms with Gasteiger partial charge in [-0.1, -0.05) is 31.5 Å². The smallest absolute Gasteiger partial charge is 0.450 e. The molecule has 1 fully saturated rings. The fourth-order valence-corrected chi connectivity index (χ4v) is 6.18. The summed E-state index contributed by atoms with van der Waals surface area (Å²) < 4.78 is 49.0. The number of aromatic nitrogens is 2. The Labute approximate surface area is 239 Å². The summed E-state index contributed by atoms with van der Waals surface area (Å²) in [5, 5.41) is 9.66. The van der Waals surface area contributed by atoms with Crippen LogP contribution in [0.2, 0.25) is 5.02 Å². The van der Waals surface area contributed by atoms with E-state index in [9.17, 15) is 22.8 Å². The van der Waals surface area contributed by atoms with Gasteiger partial charge < -0.3 is 24.0 Å². The molecular formula is C28H30ClF3N4O5. The van der Waals surface area contributed by atoms with Crippen molar-refractivity contribution >= 4 is 34.7 Å². The summed E-state index contributed by atoms with van der Waals surface area (Å²) >= 11 is 6.13. The van der Waals surface area contributed by atoms with Crippen LogP contribution in [0.5, 0.6) is 5.75 Å². The fourth-order valence-electron chi connectivity index (χ4n) is 5.94. The van der Waals surface area contributed by atoms with Gasteiger partial charge in [-0.15, -0.1) is 13.2 Å². The third kappa shape index (κ3) is 6.38. The van der Waals surface area contributed by atoms with Crippen LogP contribution in [0, 0.1) is 0 Å². The van der Waals surface area contributed by atoms with Crippen molar-refractivity contribution in [1.29, 1.82) is 0 Å². The highest BCUT2D eigenvalue weighted by Crippen LogP contribution is 2.41. The first-order valence-corrected chi connectivity index (χ1v) is 13.6. The van der Waals surface area contributed by atoms with E-state index in [1.54, 1.807) is 6.20 Å². The lowest BCUT2D eigenvalue weighted by molar-refractivity contribution is -0.274. The van der Waals surface area contributed by atoms with Crippen molar-refractivity contribution in [3.63, 3.8) is 0 Å². The maximum absolute atomic E-state index is 13.5. The zero-order valence-corrected chi connectivity index (χ0v) is 23.3. The minimum atomic E-state index is -4.85. The van der Waals surface area contributed by atoms with Gasteiger partial charge in [-0.2, -0.15) is 0 Å². The van der Waals surface area contributed by atoms with Crippen molar-refractivity contribution in [2.75, 3.05) is 26.2 Å². The second-order valence-corrected chi connectivity index (χ2v) is 11.5. The number of hydrogen-bond acceptors (Lipinski definition) is 6. The van der Waals surface area contributed by atoms with Crippen molar-refractivity contribution in [2.45, 2.75) is 57.7 Å². The zero-order chi connectivity index (χ0) is 29.5. The van der Waals surface area contributed by atoms with Crippen LogP contribution >= 0.6 is 11.6 Å². The lowest BCUT2D eigenvalue weighted by Crippen LogP contribution is -2.50. The molecule has 2 aliphatic heterocycles. The monoisotopic (exact) mass is 594 g/mol. The lowest BCUT2D eigenvalue weighted by atomic mass is 9.79. The number of nitrogens with zero attached hydrogens (tertiary/aromatic N) is 4. The quantitative estimate of drug-likeness (QED) is 0.381. The highest BCUT2D eigenvalue weighted by atomic mass is 35.5. The van der Waals surface area contributed by atoms with Gasteiger partial charge in [-0.3, -0.25) is 9.69 Å². The summed E-state index contributed by atoms with van der Waals surface area (Å²) in [6, 6.07) is 8.02. The van der Waals surface area contributed by atoms with E-state index in [0.717, 1.165) is 16.6 Å². The molecule has 3 aromatic rings. The molecule has 2 aromatic heterocycles. The van der Waals surface area contributed by atoms with Gasteiger partial charge >= 0.3 is 12.5 Å². The van der Waals surface area contributed by atoms with Crippen molar-refractivity contribution in [2.24, 2.45) is 0 Å². The predicted octanol–water partition coefficient (Wildman–Crippen LogP) is 5.42. The standard InChI is InChI=1S/C28H30ClF3N4O5/c1-27(2)16-35(23(37)15-34-10-7-18(8-11-34)40-26(38)39)14-21-24(27)19-4-3-9-33-25(19)36(21)13-17-5-6-22(20(29)12-17)41-28(30,31)32/h3-6,9,12,18H,7-8,10-11,13-16H2,1-2H3,(H,38,39). The number of alkyl halides is 3. The van der Waals surface area contributed by atoms with Crippen LogP contribution in [0.25, 0.3) is 11.0 Å². The molecule has 0 bridgehead atoms. The average molecular weight is 595 g/mol. The topological polar surface area (TPSA) is 97.1 Å². The van der Waals surface area contributed by atoms with Gasteiger partial charge in [-0.05, 0) is 48.2 Å². The number of pyridine rings is 1. The van der Waals surface area contributed by atoms with Crippen LogP contribution in [0.4, 0.5) is 18.0 Å². The van der Waals surface area contributed by atoms with Gasteiger partial charge in [0.15, 0.2) is 0 Å². The Bertz CT molecular complexity index is 1470. The van der Waals surface area contributed by atoms with Crippen molar-refractivity contribution in [1.82, 2.24) is 19.4 Å². The highest BCUT2D eigenvalue weighted by Gasteiger charge is 2.39. The van der Waals surface area contributed by atoms with Crippen molar-refractivity contribution in [3.05, 3.63) is 58.4 Å². The molecule has 2 aliphatic rings. The number of piperidine rings is 1. The zero-order valence-electron chi connectivity index (χ0n) is 22.6. The number of rotatable bonds is 6. The Morgan fingerprint density at radius 3 is 2.59 bits per heavy atom. The van der Waals surface area contributed by atoms with E-state index >= 15 is 0 Å². The van der Waals surface area contributed by atoms with Gasteiger partial charge in [0.25, 0.3) is 0 Å². The molecule has 0 spiro atoms. The molecule has 0 radical (unpaired) electrons. The van der Waals surface area contributed by atoms with Crippen LogP contribution in [-0.4, -0.2) is 75.2 Å². The Hall–Kier alpha value is -3.51. The number of hydrogen-bond donors (Lipinski definition) is 1. The van der Waals surface area contributed by atoms with E-state index in [-0.39, 0.29) is 30.1 Å². The molecule has 1 aromatic carbocycles. The molecule has 4 heterocycles. The van der Waals surface area contributed by atoms with Gasteiger partial charge in [0, 0.05) is 48.9 Å². The molecule has 1 saturated heterocycles. The number of carboxylic acid groups (broad SMARTS) is 1. The summed E-state index contributed by atoms with van der Waals surface area (Å²) in [5.41, 5.74) is 2.96. The molecule has 0 atom stereocenters. The maximum atomic E-state index is 13.5. The van der Waals surface area contributed by atoms with E-state index in [0.29, 0.717) is 50.2 Å². The minimum absolute atomic E-state index is 0.0391. The van der Waals surface area contributed by atoms with Crippen LogP contribution in [0.3, 0.4) is 0 Å². The molecule has 0 aliphatic carbocycles. The SMILES string of the molecule is CC1(C)CN(C(=O)CN2CCC(OC(=O)O)CC2)Cc2c1c1cccnc1n2Cc1ccc(OC(F)(F)F)c(Cl)c1. The first-order chi connectivity index (χ1) is 19.3. The molecule has 0 saturated carbocycles. The summed E-state index contributed by atoms with van der Waals surface area (Å²) in [7, 11) is 0. The number of ether oxygens (including phenoxy) is 2. The van der Waals surface area contributed by atoms with E-state index in [1.165, 1.54) is 18.2 Å². The largest absolute Gasteiger partial charge is 0.573 e. The van der Waals surface area contributed by atoms with E-state index in [1.807, 2.05) is 26.5 Å². The summed E-state index contributed by atoms with van der Waals surface area (Å²) in [6.07, 6.45) is -3.75. The Morgan fingerprint density at radius 2 is 1.93 bits per heavy atom. The van der Waals surface area contributed by atoms with Crippen molar-refractivity contribution < 1.29 is 37.3 Å². The molecule has 1 amide bonds. The van der Waals surface area contributed by atoms with Crippen LogP contribution in [0.15, 0.2) is 36.5 Å². The average Bonchev–Trinajstić information content (AvgIpc) is 3.20. The number of benzene rings is 1. The Kier molecular flexibility index (Phi) is 7.82. The van der Waals surface area contributed by atoms with E-state index in [2.05, 4.69) is 23.6 Å². The molecule has 0 unspecified atom stereocenters. The van der Waals surface area contributed by atoms with Gasteiger partial charge in [0.2, 0.25) is 5.91 Å². The lowest BCUT2D eigenvalue weighted by Gasteiger charge is -2.40. The summed E-state index contributed by atoms with van der Waals surface area (Å²) in [6.45, 7) is 6.62. The maximum Gasteiger partial charge on any atom is 0.573 e. The van der Waals surface area contributed by atoms with Crippen molar-refractivity contribution in [3.8, 4) is 5.75 Å². The predicted molar refractivity (Wildman–Crippen MR) is 144 cm³/mol. The molecular weight excluding hydrogens is 565 g/mol. The first-order valence-electron chi connectivity index (χ1n) is 13.2. The van der Waals surface area contributed by atoms with Crippen LogP contribution < -0.4 is 4.74 Å². The molecule has 5 rings (SSSR count). The summed E-state index contributed by atoms with van der Waals surface area (Å²) in [4.78, 5) is 32.8. The van der Waals surface area contributed by atoms with Crippen LogP contribution in [0.1, 0.15) is 43.5 Å². The number of fused-ring (bicyclic) bond motifs is 3. The Morgan fingerprint density at radius 1 is 1.20 bits per heavy atom. The molecule has 41 heavy (non-hydrogen) atoms. The fraction of sp³-hybridized carbons (Fsp3) is 0.464. The van der Waals surface area contributed by atoms with Gasteiger partial charge in [0.05, 0.1) is 18.1 Å². The number of carbonyl (C=O) groups is 2. The number of amides is 1. The van der Waals surface area contributed by atoms with E-state index < -0.39 is 23.7 Å². The third-order valence-corrected chi connectivity index (χ3v) is 7.90. The van der Waals surface area contributed by atoms with Gasteiger partial charge in [0.1, 0.15) is 17.5 Å². The molecule has 220 valence electrons. The number of likely N-dealkylation sites (tertiary alicyclic amines) is 1.